The number of benzene rings is 1. The van der Waals surface area contributed by atoms with E-state index in [0.717, 1.165) is 6.26 Å². The highest BCUT2D eigenvalue weighted by Gasteiger charge is 2.14. The molecule has 1 aromatic heterocycles. The molecule has 0 saturated carbocycles. The van der Waals surface area contributed by atoms with E-state index in [1.807, 2.05) is 0 Å². The molecular formula is C10H11BN2O4S. The summed E-state index contributed by atoms with van der Waals surface area (Å²) in [4.78, 5) is 0.223. The molecule has 0 unspecified atom stereocenters. The van der Waals surface area contributed by atoms with Crippen molar-refractivity contribution >= 4 is 22.4 Å². The van der Waals surface area contributed by atoms with Crippen LogP contribution in [-0.2, 0) is 9.84 Å². The lowest BCUT2D eigenvalue weighted by Gasteiger charge is -2.02. The van der Waals surface area contributed by atoms with Crippen molar-refractivity contribution in [1.82, 2.24) is 9.78 Å². The fraction of sp³-hybridized carbons (Fsp3) is 0.100. The average molecular weight is 266 g/mol. The topological polar surface area (TPSA) is 92.4 Å². The average Bonchev–Trinajstić information content (AvgIpc) is 2.77. The number of rotatable bonds is 3. The Hall–Kier alpha value is -1.64. The Morgan fingerprint density at radius 3 is 2.28 bits per heavy atom. The fourth-order valence-electron chi connectivity index (χ4n) is 1.46. The lowest BCUT2D eigenvalue weighted by molar-refractivity contribution is 0.426. The van der Waals surface area contributed by atoms with Gasteiger partial charge < -0.3 is 10.0 Å². The lowest BCUT2D eigenvalue weighted by atomic mass is 9.83. The molecule has 1 heterocycles. The Bertz CT molecular complexity index is 649. The van der Waals surface area contributed by atoms with Crippen LogP contribution in [0.25, 0.3) is 5.69 Å². The molecule has 2 aromatic rings. The zero-order valence-corrected chi connectivity index (χ0v) is 10.4. The van der Waals surface area contributed by atoms with Crippen molar-refractivity contribution in [3.63, 3.8) is 0 Å². The van der Waals surface area contributed by atoms with Gasteiger partial charge in [0, 0.05) is 24.1 Å². The van der Waals surface area contributed by atoms with E-state index < -0.39 is 17.0 Å². The van der Waals surface area contributed by atoms with Gasteiger partial charge in [-0.25, -0.2) is 13.1 Å². The molecular weight excluding hydrogens is 255 g/mol. The van der Waals surface area contributed by atoms with Crippen LogP contribution < -0.4 is 5.46 Å². The van der Waals surface area contributed by atoms with Gasteiger partial charge in [0.2, 0.25) is 0 Å². The van der Waals surface area contributed by atoms with Crippen LogP contribution in [0.4, 0.5) is 0 Å². The summed E-state index contributed by atoms with van der Waals surface area (Å²) in [5.41, 5.74) is 0.900. The first-order valence-electron chi connectivity index (χ1n) is 5.09. The van der Waals surface area contributed by atoms with Gasteiger partial charge in [-0.2, -0.15) is 5.10 Å². The Labute approximate surface area is 105 Å². The summed E-state index contributed by atoms with van der Waals surface area (Å²) in [5.74, 6) is 0. The number of aromatic nitrogens is 2. The highest BCUT2D eigenvalue weighted by molar-refractivity contribution is 7.90. The summed E-state index contributed by atoms with van der Waals surface area (Å²) in [5, 5.41) is 21.9. The van der Waals surface area contributed by atoms with Crippen LogP contribution in [0.3, 0.4) is 0 Å². The molecule has 0 aliphatic heterocycles. The van der Waals surface area contributed by atoms with Crippen LogP contribution >= 0.6 is 0 Å². The summed E-state index contributed by atoms with van der Waals surface area (Å²) < 4.78 is 24.0. The van der Waals surface area contributed by atoms with Gasteiger partial charge in [0.15, 0.2) is 9.84 Å². The first-order valence-corrected chi connectivity index (χ1v) is 6.98. The SMILES string of the molecule is CS(=O)(=O)c1ccc(-n2cc(B(O)O)cn2)cc1. The number of hydrogen-bond donors (Lipinski definition) is 2. The first-order chi connectivity index (χ1) is 8.38. The van der Waals surface area contributed by atoms with Gasteiger partial charge >= 0.3 is 7.12 Å². The molecule has 8 heteroatoms. The van der Waals surface area contributed by atoms with Crippen LogP contribution in [0.5, 0.6) is 0 Å². The van der Waals surface area contributed by atoms with Crippen molar-refractivity contribution in [3.8, 4) is 5.69 Å². The third-order valence-electron chi connectivity index (χ3n) is 2.43. The standard InChI is InChI=1S/C10H11BN2O4S/c1-18(16,17)10-4-2-9(3-5-10)13-7-8(6-12-13)11(14)15/h2-7,14-15H,1H3. The summed E-state index contributed by atoms with van der Waals surface area (Å²) in [6.45, 7) is 0. The van der Waals surface area contributed by atoms with E-state index in [9.17, 15) is 8.42 Å². The first kappa shape index (κ1) is 12.8. The zero-order chi connectivity index (χ0) is 13.3. The molecule has 0 atom stereocenters. The minimum Gasteiger partial charge on any atom is -0.423 e. The molecule has 0 saturated heterocycles. The third kappa shape index (κ3) is 2.61. The lowest BCUT2D eigenvalue weighted by Crippen LogP contribution is -2.28. The second kappa shape index (κ2) is 4.56. The van der Waals surface area contributed by atoms with Gasteiger partial charge in [-0.3, -0.25) is 0 Å². The van der Waals surface area contributed by atoms with Crippen molar-refractivity contribution in [1.29, 1.82) is 0 Å². The van der Waals surface area contributed by atoms with Crippen molar-refractivity contribution in [3.05, 3.63) is 36.7 Å². The monoisotopic (exact) mass is 266 g/mol. The molecule has 0 amide bonds. The Morgan fingerprint density at radius 2 is 1.83 bits per heavy atom. The highest BCUT2D eigenvalue weighted by Crippen LogP contribution is 2.12. The van der Waals surface area contributed by atoms with Crippen molar-refractivity contribution < 1.29 is 18.5 Å². The van der Waals surface area contributed by atoms with E-state index in [0.29, 0.717) is 5.69 Å². The summed E-state index contributed by atoms with van der Waals surface area (Å²) in [6.07, 6.45) is 3.92. The van der Waals surface area contributed by atoms with Gasteiger partial charge in [-0.05, 0) is 24.3 Å². The van der Waals surface area contributed by atoms with E-state index in [1.165, 1.54) is 29.2 Å². The normalized spacial score (nSPS) is 11.5. The smallest absolute Gasteiger partial charge is 0.423 e. The second-order valence-electron chi connectivity index (χ2n) is 3.86. The minimum absolute atomic E-state index is 0.223. The molecule has 0 aliphatic rings. The molecule has 94 valence electrons. The molecule has 2 rings (SSSR count). The highest BCUT2D eigenvalue weighted by atomic mass is 32.2. The molecule has 18 heavy (non-hydrogen) atoms. The molecule has 2 N–H and O–H groups in total. The summed E-state index contributed by atoms with van der Waals surface area (Å²) >= 11 is 0. The van der Waals surface area contributed by atoms with E-state index in [-0.39, 0.29) is 10.4 Å². The van der Waals surface area contributed by atoms with Gasteiger partial charge in [0.25, 0.3) is 0 Å². The van der Waals surface area contributed by atoms with Crippen LogP contribution in [0.15, 0.2) is 41.6 Å². The maximum atomic E-state index is 11.3. The zero-order valence-electron chi connectivity index (χ0n) is 9.56. The largest absolute Gasteiger partial charge is 0.491 e. The summed E-state index contributed by atoms with van der Waals surface area (Å²) in [6, 6.07) is 6.14. The maximum absolute atomic E-state index is 11.3. The number of sulfone groups is 1. The van der Waals surface area contributed by atoms with Crippen molar-refractivity contribution in [2.75, 3.05) is 6.26 Å². The van der Waals surface area contributed by atoms with Crippen LogP contribution in [-0.4, -0.2) is 41.6 Å². The molecule has 0 radical (unpaired) electrons. The van der Waals surface area contributed by atoms with Crippen LogP contribution in [0.2, 0.25) is 0 Å². The minimum atomic E-state index is -3.22. The quantitative estimate of drug-likeness (QED) is 0.692. The van der Waals surface area contributed by atoms with Gasteiger partial charge in [-0.1, -0.05) is 0 Å². The molecule has 0 spiro atoms. The number of hydrogen-bond acceptors (Lipinski definition) is 5. The van der Waals surface area contributed by atoms with E-state index in [1.54, 1.807) is 12.1 Å². The molecule has 1 aromatic carbocycles. The fourth-order valence-corrected chi connectivity index (χ4v) is 2.09. The Kier molecular flexibility index (Phi) is 3.25. The summed E-state index contributed by atoms with van der Waals surface area (Å²) in [7, 11) is -4.79. The predicted molar refractivity (Wildman–Crippen MR) is 66.5 cm³/mol. The van der Waals surface area contributed by atoms with Crippen LogP contribution in [0.1, 0.15) is 0 Å². The van der Waals surface area contributed by atoms with Gasteiger partial charge in [-0.15, -0.1) is 0 Å². The Balaban J connectivity index is 2.34. The van der Waals surface area contributed by atoms with Gasteiger partial charge in [0.05, 0.1) is 10.6 Å². The number of nitrogens with zero attached hydrogens (tertiary/aromatic N) is 2. The maximum Gasteiger partial charge on any atom is 0.491 e. The predicted octanol–water partition coefficient (Wildman–Crippen LogP) is -1.04. The second-order valence-corrected chi connectivity index (χ2v) is 5.87. The molecule has 6 nitrogen and oxygen atoms in total. The molecule has 0 fully saturated rings. The third-order valence-corrected chi connectivity index (χ3v) is 3.56. The van der Waals surface area contributed by atoms with E-state index in [4.69, 9.17) is 10.0 Å². The van der Waals surface area contributed by atoms with E-state index >= 15 is 0 Å². The Morgan fingerprint density at radius 1 is 1.22 bits per heavy atom. The van der Waals surface area contributed by atoms with Crippen molar-refractivity contribution in [2.24, 2.45) is 0 Å². The molecule has 0 bridgehead atoms. The van der Waals surface area contributed by atoms with Gasteiger partial charge in [0.1, 0.15) is 0 Å². The molecule has 0 aliphatic carbocycles. The van der Waals surface area contributed by atoms with Crippen molar-refractivity contribution in [2.45, 2.75) is 4.90 Å². The van der Waals surface area contributed by atoms with E-state index in [2.05, 4.69) is 5.10 Å². The van der Waals surface area contributed by atoms with Crippen LogP contribution in [0, 0.1) is 0 Å².